The second kappa shape index (κ2) is 6.09. The van der Waals surface area contributed by atoms with Gasteiger partial charge in [-0.3, -0.25) is 0 Å². The Morgan fingerprint density at radius 2 is 2.05 bits per heavy atom. The van der Waals surface area contributed by atoms with Crippen LogP contribution in [0.15, 0.2) is 0 Å². The minimum absolute atomic E-state index is 0.0202. The summed E-state index contributed by atoms with van der Waals surface area (Å²) in [6.45, 7) is 6.70. The van der Waals surface area contributed by atoms with Crippen LogP contribution in [0.1, 0.15) is 26.7 Å². The van der Waals surface area contributed by atoms with E-state index in [2.05, 4.69) is 0 Å². The van der Waals surface area contributed by atoms with Crippen molar-refractivity contribution in [2.24, 2.45) is 5.41 Å². The number of amides is 3. The molecular weight excluding hydrogens is 274 g/mol. The van der Waals surface area contributed by atoms with Gasteiger partial charge in [-0.15, -0.1) is 0 Å². The van der Waals surface area contributed by atoms with Gasteiger partial charge in [0.05, 0.1) is 6.04 Å². The molecule has 0 aromatic rings. The zero-order valence-electron chi connectivity index (χ0n) is 12.8. The average Bonchev–Trinajstić information content (AvgIpc) is 2.75. The molecule has 2 aliphatic heterocycles. The van der Waals surface area contributed by atoms with Gasteiger partial charge in [0, 0.05) is 39.3 Å². The predicted molar refractivity (Wildman–Crippen MR) is 77.2 cm³/mol. The van der Waals surface area contributed by atoms with E-state index in [-0.39, 0.29) is 24.1 Å². The lowest BCUT2D eigenvalue weighted by Gasteiger charge is -2.34. The Balaban J connectivity index is 1.85. The lowest BCUT2D eigenvalue weighted by Crippen LogP contribution is -2.53. The number of urea groups is 1. The van der Waals surface area contributed by atoms with Crippen LogP contribution >= 0.6 is 0 Å². The van der Waals surface area contributed by atoms with E-state index in [9.17, 15) is 14.7 Å². The molecule has 2 rings (SSSR count). The van der Waals surface area contributed by atoms with Crippen LogP contribution in [0.25, 0.3) is 0 Å². The Kier molecular flexibility index (Phi) is 4.61. The maximum Gasteiger partial charge on any atom is 0.407 e. The Bertz CT molecular complexity index is 413. The van der Waals surface area contributed by atoms with Crippen LogP contribution in [-0.2, 0) is 0 Å². The molecule has 0 bridgehead atoms. The van der Waals surface area contributed by atoms with E-state index >= 15 is 0 Å². The van der Waals surface area contributed by atoms with Gasteiger partial charge in [-0.25, -0.2) is 9.59 Å². The third-order valence-electron chi connectivity index (χ3n) is 4.41. The highest BCUT2D eigenvalue weighted by atomic mass is 16.4. The monoisotopic (exact) mass is 299 g/mol. The third-order valence-corrected chi connectivity index (χ3v) is 4.41. The summed E-state index contributed by atoms with van der Waals surface area (Å²) in [7, 11) is 0. The topological polar surface area (TPSA) is 84.3 Å². The van der Waals surface area contributed by atoms with Crippen molar-refractivity contribution in [3.05, 3.63) is 0 Å². The number of piperazine rings is 1. The second-order valence-corrected chi connectivity index (χ2v) is 6.73. The molecule has 0 aliphatic carbocycles. The summed E-state index contributed by atoms with van der Waals surface area (Å²) in [5.41, 5.74) is -0.115. The first-order chi connectivity index (χ1) is 9.84. The number of aliphatic hydroxyl groups is 1. The molecule has 2 aliphatic rings. The zero-order valence-corrected chi connectivity index (χ0v) is 12.8. The molecule has 120 valence electrons. The summed E-state index contributed by atoms with van der Waals surface area (Å²) >= 11 is 0. The first-order valence-electron chi connectivity index (χ1n) is 7.48. The predicted octanol–water partition coefficient (Wildman–Crippen LogP) is 0.885. The molecular formula is C14H25N3O4. The number of hydrogen-bond acceptors (Lipinski definition) is 3. The lowest BCUT2D eigenvalue weighted by molar-refractivity contribution is 0.0996. The van der Waals surface area contributed by atoms with Crippen LogP contribution in [0.4, 0.5) is 9.59 Å². The van der Waals surface area contributed by atoms with E-state index in [4.69, 9.17) is 5.11 Å². The van der Waals surface area contributed by atoms with E-state index in [1.54, 1.807) is 4.90 Å². The highest BCUT2D eigenvalue weighted by Crippen LogP contribution is 2.24. The smallest absolute Gasteiger partial charge is 0.407 e. The second-order valence-electron chi connectivity index (χ2n) is 6.73. The lowest BCUT2D eigenvalue weighted by atomic mass is 9.89. The largest absolute Gasteiger partial charge is 0.465 e. The summed E-state index contributed by atoms with van der Waals surface area (Å²) < 4.78 is 0. The summed E-state index contributed by atoms with van der Waals surface area (Å²) in [6, 6.07) is 0.0000420. The maximum atomic E-state index is 12.3. The van der Waals surface area contributed by atoms with Crippen molar-refractivity contribution in [3.63, 3.8) is 0 Å². The molecule has 7 nitrogen and oxygen atoms in total. The minimum atomic E-state index is -0.912. The molecule has 7 heteroatoms. The van der Waals surface area contributed by atoms with Crippen molar-refractivity contribution in [1.82, 2.24) is 14.7 Å². The van der Waals surface area contributed by atoms with Crippen LogP contribution in [0, 0.1) is 5.41 Å². The van der Waals surface area contributed by atoms with Gasteiger partial charge in [-0.05, 0) is 18.3 Å². The molecule has 2 N–H and O–H groups in total. The Morgan fingerprint density at radius 3 is 2.67 bits per heavy atom. The Labute approximate surface area is 125 Å². The first-order valence-corrected chi connectivity index (χ1v) is 7.48. The fourth-order valence-electron chi connectivity index (χ4n) is 2.97. The number of hydrogen-bond donors (Lipinski definition) is 2. The van der Waals surface area contributed by atoms with E-state index in [1.165, 1.54) is 4.90 Å². The van der Waals surface area contributed by atoms with Gasteiger partial charge in [0.2, 0.25) is 0 Å². The molecule has 2 fully saturated rings. The zero-order chi connectivity index (χ0) is 15.6. The van der Waals surface area contributed by atoms with E-state index in [0.29, 0.717) is 32.7 Å². The number of nitrogens with zero attached hydrogens (tertiary/aromatic N) is 3. The minimum Gasteiger partial charge on any atom is -0.465 e. The summed E-state index contributed by atoms with van der Waals surface area (Å²) in [4.78, 5) is 28.3. The van der Waals surface area contributed by atoms with Crippen molar-refractivity contribution in [1.29, 1.82) is 0 Å². The van der Waals surface area contributed by atoms with Crippen molar-refractivity contribution in [2.45, 2.75) is 32.7 Å². The van der Waals surface area contributed by atoms with Crippen molar-refractivity contribution in [3.8, 4) is 0 Å². The van der Waals surface area contributed by atoms with Crippen LogP contribution in [0.3, 0.4) is 0 Å². The van der Waals surface area contributed by atoms with E-state index < -0.39 is 6.09 Å². The first kappa shape index (κ1) is 15.9. The quantitative estimate of drug-likeness (QED) is 0.789. The van der Waals surface area contributed by atoms with Crippen molar-refractivity contribution >= 4 is 12.1 Å². The Morgan fingerprint density at radius 1 is 1.33 bits per heavy atom. The molecule has 0 radical (unpaired) electrons. The number of rotatable bonds is 5. The van der Waals surface area contributed by atoms with Gasteiger partial charge in [0.25, 0.3) is 0 Å². The average molecular weight is 299 g/mol. The fourth-order valence-corrected chi connectivity index (χ4v) is 2.97. The van der Waals surface area contributed by atoms with Gasteiger partial charge in [0.1, 0.15) is 0 Å². The molecule has 3 amide bonds. The van der Waals surface area contributed by atoms with E-state index in [1.807, 2.05) is 18.7 Å². The number of aliphatic hydroxyl groups excluding tert-OH is 1. The molecule has 0 saturated carbocycles. The van der Waals surface area contributed by atoms with Crippen LogP contribution in [0.5, 0.6) is 0 Å². The summed E-state index contributed by atoms with van der Waals surface area (Å²) in [6.07, 6.45) is 0.798. The number of carboxylic acid groups (broad SMARTS) is 1. The molecule has 2 saturated heterocycles. The highest BCUT2D eigenvalue weighted by Gasteiger charge is 2.41. The third kappa shape index (κ3) is 3.58. The number of carbonyl (C=O) groups is 2. The SMILES string of the molecule is CC(C)(CO)CCCN1CC2CN(C(=O)O)CCN2C1=O. The van der Waals surface area contributed by atoms with Gasteiger partial charge >= 0.3 is 12.1 Å². The molecule has 0 aromatic heterocycles. The molecule has 1 unspecified atom stereocenters. The molecule has 2 heterocycles. The maximum absolute atomic E-state index is 12.3. The summed E-state index contributed by atoms with van der Waals surface area (Å²) in [5.74, 6) is 0. The number of carbonyl (C=O) groups excluding carboxylic acids is 1. The van der Waals surface area contributed by atoms with Crippen LogP contribution in [-0.4, -0.2) is 82.4 Å². The van der Waals surface area contributed by atoms with Crippen LogP contribution < -0.4 is 0 Å². The molecule has 1 atom stereocenters. The molecule has 0 spiro atoms. The highest BCUT2D eigenvalue weighted by molar-refractivity contribution is 5.78. The van der Waals surface area contributed by atoms with Gasteiger partial charge in [-0.1, -0.05) is 13.8 Å². The fraction of sp³-hybridized carbons (Fsp3) is 0.857. The Hall–Kier alpha value is -1.50. The van der Waals surface area contributed by atoms with Gasteiger partial charge in [-0.2, -0.15) is 0 Å². The summed E-state index contributed by atoms with van der Waals surface area (Å²) in [5, 5.41) is 18.3. The molecule has 0 aromatic carbocycles. The van der Waals surface area contributed by atoms with E-state index in [0.717, 1.165) is 12.8 Å². The number of fused-ring (bicyclic) bond motifs is 1. The van der Waals surface area contributed by atoms with Gasteiger partial charge < -0.3 is 24.9 Å². The standard InChI is InChI=1S/C14H25N3O4/c1-14(2,10-18)4-3-5-15-8-11-9-16(13(20)21)6-7-17(11)12(15)19/h11,18H,3-10H2,1-2H3,(H,20,21). The van der Waals surface area contributed by atoms with Crippen molar-refractivity contribution < 1.29 is 19.8 Å². The van der Waals surface area contributed by atoms with Crippen molar-refractivity contribution in [2.75, 3.05) is 39.3 Å². The normalized spacial score (nSPS) is 22.7. The van der Waals surface area contributed by atoms with Crippen LogP contribution in [0.2, 0.25) is 0 Å². The van der Waals surface area contributed by atoms with Gasteiger partial charge in [0.15, 0.2) is 0 Å². The molecule has 21 heavy (non-hydrogen) atoms.